The summed E-state index contributed by atoms with van der Waals surface area (Å²) in [5, 5.41) is 6.18. The molecule has 0 radical (unpaired) electrons. The van der Waals surface area contributed by atoms with E-state index in [4.69, 9.17) is 0 Å². The molecule has 3 aliphatic rings. The van der Waals surface area contributed by atoms with Crippen LogP contribution < -0.4 is 10.6 Å². The van der Waals surface area contributed by atoms with Gasteiger partial charge in [-0.1, -0.05) is 27.2 Å². The Morgan fingerprint density at radius 3 is 2.46 bits per heavy atom. The third kappa shape index (κ3) is 4.15. The molecule has 2 heterocycles. The summed E-state index contributed by atoms with van der Waals surface area (Å²) in [7, 11) is 0. The third-order valence-corrected chi connectivity index (χ3v) is 7.22. The van der Waals surface area contributed by atoms with Crippen LogP contribution in [-0.2, 0) is 9.59 Å². The summed E-state index contributed by atoms with van der Waals surface area (Å²) in [6.45, 7) is 10.7. The van der Waals surface area contributed by atoms with Crippen LogP contribution in [0.25, 0.3) is 0 Å². The van der Waals surface area contributed by atoms with Crippen LogP contribution in [0.15, 0.2) is 0 Å². The number of carbonyl (C=O) groups is 3. The molecular formula is C20H35ClN4O3. The van der Waals surface area contributed by atoms with Crippen LogP contribution in [0.5, 0.6) is 0 Å². The van der Waals surface area contributed by atoms with Crippen LogP contribution in [0.3, 0.4) is 0 Å². The topological polar surface area (TPSA) is 81.8 Å². The monoisotopic (exact) mass is 414 g/mol. The number of piperazine rings is 1. The summed E-state index contributed by atoms with van der Waals surface area (Å²) in [6, 6.07) is -0.336. The number of nitrogens with one attached hydrogen (secondary N) is 2. The Morgan fingerprint density at radius 2 is 1.89 bits per heavy atom. The van der Waals surface area contributed by atoms with Gasteiger partial charge in [0.2, 0.25) is 5.91 Å². The first-order chi connectivity index (χ1) is 12.7. The lowest BCUT2D eigenvalue weighted by Gasteiger charge is -2.42. The van der Waals surface area contributed by atoms with Crippen molar-refractivity contribution in [3.63, 3.8) is 0 Å². The van der Waals surface area contributed by atoms with E-state index in [2.05, 4.69) is 31.4 Å². The van der Waals surface area contributed by atoms with E-state index in [9.17, 15) is 14.4 Å². The molecule has 1 spiro atoms. The smallest absolute Gasteiger partial charge is 0.325 e. The minimum atomic E-state index is -0.799. The van der Waals surface area contributed by atoms with E-state index in [0.717, 1.165) is 37.3 Å². The highest BCUT2D eigenvalue weighted by atomic mass is 35.5. The Kier molecular flexibility index (Phi) is 7.03. The van der Waals surface area contributed by atoms with Crippen molar-refractivity contribution in [2.75, 3.05) is 26.2 Å². The number of hydrogen-bond donors (Lipinski definition) is 2. The Balaban J connectivity index is 0.00000280. The largest absolute Gasteiger partial charge is 0.336 e. The summed E-state index contributed by atoms with van der Waals surface area (Å²) in [6.07, 6.45) is 4.31. The Labute approximate surface area is 174 Å². The van der Waals surface area contributed by atoms with E-state index >= 15 is 0 Å². The number of halogens is 1. The van der Waals surface area contributed by atoms with Crippen molar-refractivity contribution in [2.24, 2.45) is 11.3 Å². The summed E-state index contributed by atoms with van der Waals surface area (Å²) in [5.74, 6) is 0.206. The highest BCUT2D eigenvalue weighted by molar-refractivity contribution is 6.09. The van der Waals surface area contributed by atoms with Gasteiger partial charge in [0.25, 0.3) is 5.91 Å². The normalized spacial score (nSPS) is 31.0. The highest BCUT2D eigenvalue weighted by Crippen LogP contribution is 2.45. The molecule has 0 aromatic rings. The van der Waals surface area contributed by atoms with Crippen molar-refractivity contribution in [1.29, 1.82) is 0 Å². The number of urea groups is 1. The SMILES string of the molecule is CCC(C)(C)C1CCC2(CC1)NC(=O)N(CC(=O)N1CCNCC1C)C2=O.Cl. The molecule has 1 saturated carbocycles. The molecular weight excluding hydrogens is 380 g/mol. The molecule has 1 aliphatic carbocycles. The van der Waals surface area contributed by atoms with E-state index in [-0.39, 0.29) is 42.2 Å². The van der Waals surface area contributed by atoms with Crippen molar-refractivity contribution < 1.29 is 14.4 Å². The fourth-order valence-corrected chi connectivity index (χ4v) is 4.78. The molecule has 0 aromatic heterocycles. The number of rotatable bonds is 4. The zero-order chi connectivity index (χ0) is 19.8. The quantitative estimate of drug-likeness (QED) is 0.690. The van der Waals surface area contributed by atoms with E-state index < -0.39 is 11.6 Å². The Bertz CT molecular complexity index is 617. The third-order valence-electron chi connectivity index (χ3n) is 7.22. The highest BCUT2D eigenvalue weighted by Gasteiger charge is 2.54. The maximum atomic E-state index is 13.1. The first kappa shape index (κ1) is 22.9. The van der Waals surface area contributed by atoms with Gasteiger partial charge in [-0.25, -0.2) is 4.79 Å². The first-order valence-electron chi connectivity index (χ1n) is 10.3. The van der Waals surface area contributed by atoms with Gasteiger partial charge in [-0.15, -0.1) is 12.4 Å². The maximum Gasteiger partial charge on any atom is 0.325 e. The molecule has 4 amide bonds. The van der Waals surface area contributed by atoms with Crippen molar-refractivity contribution >= 4 is 30.3 Å². The molecule has 1 atom stereocenters. The first-order valence-corrected chi connectivity index (χ1v) is 10.3. The molecule has 8 heteroatoms. The predicted octanol–water partition coefficient (Wildman–Crippen LogP) is 2.15. The van der Waals surface area contributed by atoms with Crippen LogP contribution in [0.4, 0.5) is 4.79 Å². The summed E-state index contributed by atoms with van der Waals surface area (Å²) >= 11 is 0. The Morgan fingerprint density at radius 1 is 1.25 bits per heavy atom. The van der Waals surface area contributed by atoms with Gasteiger partial charge in [0.05, 0.1) is 0 Å². The molecule has 0 aromatic carbocycles. The average molecular weight is 415 g/mol. The van der Waals surface area contributed by atoms with Crippen LogP contribution >= 0.6 is 12.4 Å². The maximum absolute atomic E-state index is 13.1. The number of hydrogen-bond acceptors (Lipinski definition) is 4. The second-order valence-corrected chi connectivity index (χ2v) is 9.16. The molecule has 28 heavy (non-hydrogen) atoms. The number of amides is 4. The molecule has 0 bridgehead atoms. The second-order valence-electron chi connectivity index (χ2n) is 9.16. The predicted molar refractivity (Wildman–Crippen MR) is 110 cm³/mol. The van der Waals surface area contributed by atoms with Crippen molar-refractivity contribution in [3.8, 4) is 0 Å². The lowest BCUT2D eigenvalue weighted by Crippen LogP contribution is -2.55. The molecule has 2 N–H and O–H groups in total. The lowest BCUT2D eigenvalue weighted by molar-refractivity contribution is -0.141. The molecule has 2 aliphatic heterocycles. The fourth-order valence-electron chi connectivity index (χ4n) is 4.78. The van der Waals surface area contributed by atoms with Crippen LogP contribution in [0.2, 0.25) is 0 Å². The Hall–Kier alpha value is -1.34. The van der Waals surface area contributed by atoms with Gasteiger partial charge >= 0.3 is 6.03 Å². The van der Waals surface area contributed by atoms with Gasteiger partial charge in [-0.05, 0) is 43.9 Å². The molecule has 3 rings (SSSR count). The standard InChI is InChI=1S/C20H34N4O3.ClH/c1-5-19(3,4)15-6-8-20(9-7-15)17(26)24(18(27)22-20)13-16(25)23-11-10-21-12-14(23)2;/h14-15,21H,5-13H2,1-4H3,(H,22,27);1H. The lowest BCUT2D eigenvalue weighted by atomic mass is 9.65. The van der Waals surface area contributed by atoms with Gasteiger partial charge in [-0.3, -0.25) is 14.5 Å². The van der Waals surface area contributed by atoms with Gasteiger partial charge in [0, 0.05) is 25.7 Å². The zero-order valence-electron chi connectivity index (χ0n) is 17.5. The number of imide groups is 1. The molecule has 7 nitrogen and oxygen atoms in total. The van der Waals surface area contributed by atoms with Crippen molar-refractivity contribution in [3.05, 3.63) is 0 Å². The molecule has 1 unspecified atom stereocenters. The zero-order valence-corrected chi connectivity index (χ0v) is 18.4. The summed E-state index contributed by atoms with van der Waals surface area (Å²) in [5.41, 5.74) is -0.548. The van der Waals surface area contributed by atoms with Crippen LogP contribution in [-0.4, -0.2) is 65.4 Å². The van der Waals surface area contributed by atoms with Crippen molar-refractivity contribution in [1.82, 2.24) is 20.4 Å². The minimum Gasteiger partial charge on any atom is -0.336 e. The molecule has 3 fully saturated rings. The molecule has 160 valence electrons. The average Bonchev–Trinajstić information content (AvgIpc) is 2.86. The van der Waals surface area contributed by atoms with Crippen molar-refractivity contribution in [2.45, 2.75) is 71.4 Å². The molecule has 2 saturated heterocycles. The van der Waals surface area contributed by atoms with Crippen LogP contribution in [0, 0.1) is 11.3 Å². The second kappa shape index (κ2) is 8.57. The summed E-state index contributed by atoms with van der Waals surface area (Å²) < 4.78 is 0. The van der Waals surface area contributed by atoms with E-state index in [0.29, 0.717) is 25.3 Å². The number of carbonyl (C=O) groups excluding carboxylic acids is 3. The van der Waals surface area contributed by atoms with E-state index in [1.54, 1.807) is 4.90 Å². The van der Waals surface area contributed by atoms with Gasteiger partial charge in [-0.2, -0.15) is 0 Å². The van der Waals surface area contributed by atoms with Crippen LogP contribution in [0.1, 0.15) is 59.8 Å². The van der Waals surface area contributed by atoms with Gasteiger partial charge < -0.3 is 15.5 Å². The fraction of sp³-hybridized carbons (Fsp3) is 0.850. The van der Waals surface area contributed by atoms with Gasteiger partial charge in [0.1, 0.15) is 12.1 Å². The minimum absolute atomic E-state index is 0. The van der Waals surface area contributed by atoms with E-state index in [1.165, 1.54) is 0 Å². The van der Waals surface area contributed by atoms with Gasteiger partial charge in [0.15, 0.2) is 0 Å². The summed E-state index contributed by atoms with van der Waals surface area (Å²) in [4.78, 5) is 41.2. The number of nitrogens with zero attached hydrogens (tertiary/aromatic N) is 2. The van der Waals surface area contributed by atoms with E-state index in [1.807, 2.05) is 6.92 Å².